The van der Waals surface area contributed by atoms with E-state index in [2.05, 4.69) is 0 Å². The van der Waals surface area contributed by atoms with E-state index >= 15 is 0 Å². The molecule has 1 aliphatic rings. The Morgan fingerprint density at radius 2 is 1.94 bits per heavy atom. The van der Waals surface area contributed by atoms with Gasteiger partial charge in [0.05, 0.1) is 5.41 Å². The molecule has 2 amide bonds. The van der Waals surface area contributed by atoms with E-state index in [0.717, 1.165) is 0 Å². The Hall–Kier alpha value is -1.39. The minimum Gasteiger partial charge on any atom is -0.481 e. The van der Waals surface area contributed by atoms with Crippen molar-refractivity contribution in [3.8, 4) is 0 Å². The summed E-state index contributed by atoms with van der Waals surface area (Å²) in [5.74, 6) is -1.20. The fourth-order valence-corrected chi connectivity index (χ4v) is 2.53. The van der Waals surface area contributed by atoms with Gasteiger partial charge in [-0.15, -0.1) is 0 Å². The SMILES string of the molecule is CCC1(CC)CC(=O)N(C(C)CCC(=O)O)C1=O. The molecule has 1 saturated heterocycles. The smallest absolute Gasteiger partial charge is 0.303 e. The Labute approximate surface area is 107 Å². The normalized spacial score (nSPS) is 20.3. The first-order valence-corrected chi connectivity index (χ1v) is 6.46. The van der Waals surface area contributed by atoms with Crippen LogP contribution >= 0.6 is 0 Å². The molecular weight excluding hydrogens is 234 g/mol. The molecular formula is C13H21NO4. The van der Waals surface area contributed by atoms with Gasteiger partial charge >= 0.3 is 5.97 Å². The molecule has 0 aromatic heterocycles. The van der Waals surface area contributed by atoms with Gasteiger partial charge in [0, 0.05) is 18.9 Å². The maximum Gasteiger partial charge on any atom is 0.303 e. The van der Waals surface area contributed by atoms with E-state index in [1.165, 1.54) is 4.90 Å². The molecule has 1 fully saturated rings. The van der Waals surface area contributed by atoms with Crippen LogP contribution in [0.15, 0.2) is 0 Å². The number of likely N-dealkylation sites (tertiary alicyclic amines) is 1. The lowest BCUT2D eigenvalue weighted by Gasteiger charge is -2.27. The van der Waals surface area contributed by atoms with E-state index in [1.807, 2.05) is 13.8 Å². The zero-order chi connectivity index (χ0) is 13.9. The zero-order valence-corrected chi connectivity index (χ0v) is 11.2. The molecule has 1 rings (SSSR count). The van der Waals surface area contributed by atoms with Crippen LogP contribution in [0.3, 0.4) is 0 Å². The summed E-state index contributed by atoms with van der Waals surface area (Å²) in [5, 5.41) is 8.64. The maximum atomic E-state index is 12.3. The number of nitrogens with zero attached hydrogens (tertiary/aromatic N) is 1. The van der Waals surface area contributed by atoms with Crippen molar-refractivity contribution >= 4 is 17.8 Å². The highest BCUT2D eigenvalue weighted by atomic mass is 16.4. The molecule has 1 unspecified atom stereocenters. The van der Waals surface area contributed by atoms with E-state index in [0.29, 0.717) is 19.3 Å². The number of hydrogen-bond acceptors (Lipinski definition) is 3. The van der Waals surface area contributed by atoms with Gasteiger partial charge in [-0.2, -0.15) is 0 Å². The van der Waals surface area contributed by atoms with Crippen LogP contribution in [0.5, 0.6) is 0 Å². The first kappa shape index (κ1) is 14.7. The molecule has 0 bridgehead atoms. The van der Waals surface area contributed by atoms with Gasteiger partial charge in [-0.1, -0.05) is 13.8 Å². The molecule has 102 valence electrons. The minimum atomic E-state index is -0.904. The minimum absolute atomic E-state index is 0.0243. The molecule has 1 heterocycles. The quantitative estimate of drug-likeness (QED) is 0.734. The monoisotopic (exact) mass is 255 g/mol. The van der Waals surface area contributed by atoms with Crippen LogP contribution in [0, 0.1) is 5.41 Å². The van der Waals surface area contributed by atoms with Crippen LogP contribution in [0.2, 0.25) is 0 Å². The van der Waals surface area contributed by atoms with Gasteiger partial charge in [0.25, 0.3) is 0 Å². The number of imide groups is 1. The number of carboxylic acid groups (broad SMARTS) is 1. The van der Waals surface area contributed by atoms with Crippen molar-refractivity contribution < 1.29 is 19.5 Å². The van der Waals surface area contributed by atoms with Crippen LogP contribution in [0.4, 0.5) is 0 Å². The molecule has 0 aliphatic carbocycles. The van der Waals surface area contributed by atoms with Gasteiger partial charge in [0.15, 0.2) is 0 Å². The molecule has 1 atom stereocenters. The Kier molecular flexibility index (Phi) is 4.48. The molecule has 0 saturated carbocycles. The highest BCUT2D eigenvalue weighted by molar-refractivity contribution is 6.06. The third-order valence-electron chi connectivity index (χ3n) is 4.00. The van der Waals surface area contributed by atoms with Crippen molar-refractivity contribution in [1.29, 1.82) is 0 Å². The van der Waals surface area contributed by atoms with Crippen molar-refractivity contribution in [3.63, 3.8) is 0 Å². The second-order valence-electron chi connectivity index (χ2n) is 5.01. The van der Waals surface area contributed by atoms with Crippen molar-refractivity contribution in [2.45, 2.75) is 58.9 Å². The molecule has 0 radical (unpaired) electrons. The van der Waals surface area contributed by atoms with Gasteiger partial charge in [0.2, 0.25) is 11.8 Å². The fraction of sp³-hybridized carbons (Fsp3) is 0.769. The number of hydrogen-bond donors (Lipinski definition) is 1. The highest BCUT2D eigenvalue weighted by Crippen LogP contribution is 2.40. The summed E-state index contributed by atoms with van der Waals surface area (Å²) in [6, 6.07) is -0.332. The lowest BCUT2D eigenvalue weighted by atomic mass is 9.81. The van der Waals surface area contributed by atoms with Gasteiger partial charge in [0.1, 0.15) is 0 Å². The molecule has 1 N–H and O–H groups in total. The standard InChI is InChI=1S/C13H21NO4/c1-4-13(5-2)8-10(15)14(12(13)18)9(3)6-7-11(16)17/h9H,4-8H2,1-3H3,(H,16,17). The molecule has 5 heteroatoms. The topological polar surface area (TPSA) is 74.7 Å². The number of carbonyl (C=O) groups excluding carboxylic acids is 2. The predicted molar refractivity (Wildman–Crippen MR) is 65.8 cm³/mol. The third kappa shape index (κ3) is 2.54. The molecule has 0 aromatic carbocycles. The van der Waals surface area contributed by atoms with E-state index in [-0.39, 0.29) is 30.7 Å². The molecule has 5 nitrogen and oxygen atoms in total. The first-order valence-electron chi connectivity index (χ1n) is 6.46. The van der Waals surface area contributed by atoms with Crippen LogP contribution in [0.25, 0.3) is 0 Å². The van der Waals surface area contributed by atoms with E-state index in [1.54, 1.807) is 6.92 Å². The zero-order valence-electron chi connectivity index (χ0n) is 11.2. The lowest BCUT2D eigenvalue weighted by Crippen LogP contribution is -2.41. The molecule has 1 aliphatic heterocycles. The Balaban J connectivity index is 2.81. The average Bonchev–Trinajstić information content (AvgIpc) is 2.58. The van der Waals surface area contributed by atoms with E-state index in [4.69, 9.17) is 5.11 Å². The summed E-state index contributed by atoms with van der Waals surface area (Å²) >= 11 is 0. The largest absolute Gasteiger partial charge is 0.481 e. The van der Waals surface area contributed by atoms with E-state index < -0.39 is 11.4 Å². The second-order valence-corrected chi connectivity index (χ2v) is 5.01. The third-order valence-corrected chi connectivity index (χ3v) is 4.00. The summed E-state index contributed by atoms with van der Waals surface area (Å²) in [7, 11) is 0. The Morgan fingerprint density at radius 1 is 1.39 bits per heavy atom. The number of rotatable bonds is 6. The molecule has 0 aromatic rings. The second kappa shape index (κ2) is 5.50. The van der Waals surface area contributed by atoms with Crippen LogP contribution in [-0.4, -0.2) is 33.8 Å². The summed E-state index contributed by atoms with van der Waals surface area (Å²) in [5.41, 5.74) is -0.561. The van der Waals surface area contributed by atoms with Crippen molar-refractivity contribution in [2.75, 3.05) is 0 Å². The van der Waals surface area contributed by atoms with Crippen LogP contribution < -0.4 is 0 Å². The van der Waals surface area contributed by atoms with Gasteiger partial charge < -0.3 is 5.11 Å². The van der Waals surface area contributed by atoms with Crippen molar-refractivity contribution in [1.82, 2.24) is 4.90 Å². The molecule has 18 heavy (non-hydrogen) atoms. The lowest BCUT2D eigenvalue weighted by molar-refractivity contribution is -0.145. The Morgan fingerprint density at radius 3 is 2.33 bits per heavy atom. The van der Waals surface area contributed by atoms with Crippen LogP contribution in [-0.2, 0) is 14.4 Å². The summed E-state index contributed by atoms with van der Waals surface area (Å²) in [4.78, 5) is 36.1. The maximum absolute atomic E-state index is 12.3. The first-order chi connectivity index (χ1) is 8.38. The predicted octanol–water partition coefficient (Wildman–Crippen LogP) is 1.80. The number of carboxylic acids is 1. The van der Waals surface area contributed by atoms with Gasteiger partial charge in [-0.3, -0.25) is 19.3 Å². The van der Waals surface area contributed by atoms with Crippen LogP contribution in [0.1, 0.15) is 52.9 Å². The van der Waals surface area contributed by atoms with E-state index in [9.17, 15) is 14.4 Å². The highest BCUT2D eigenvalue weighted by Gasteiger charge is 2.50. The fourth-order valence-electron chi connectivity index (χ4n) is 2.53. The van der Waals surface area contributed by atoms with Crippen molar-refractivity contribution in [2.24, 2.45) is 5.41 Å². The summed E-state index contributed by atoms with van der Waals surface area (Å²) in [6.45, 7) is 5.57. The van der Waals surface area contributed by atoms with Gasteiger partial charge in [-0.05, 0) is 26.2 Å². The number of amides is 2. The summed E-state index contributed by atoms with van der Waals surface area (Å²) in [6.07, 6.45) is 1.85. The van der Waals surface area contributed by atoms with Gasteiger partial charge in [-0.25, -0.2) is 0 Å². The van der Waals surface area contributed by atoms with Crippen molar-refractivity contribution in [3.05, 3.63) is 0 Å². The average molecular weight is 255 g/mol. The number of aliphatic carboxylic acids is 1. The number of carbonyl (C=O) groups is 3. The summed E-state index contributed by atoms with van der Waals surface area (Å²) < 4.78 is 0. The molecule has 0 spiro atoms. The Bertz CT molecular complexity index is 360.